The molecule has 2 N–H and O–H groups in total. The van der Waals surface area contributed by atoms with Gasteiger partial charge in [-0.3, -0.25) is 14.5 Å². The first kappa shape index (κ1) is 16.2. The summed E-state index contributed by atoms with van der Waals surface area (Å²) in [6.07, 6.45) is -0.0378. The molecule has 3 unspecified atom stereocenters. The summed E-state index contributed by atoms with van der Waals surface area (Å²) in [5.74, 6) is -0.0464. The molecule has 0 aliphatic carbocycles. The Morgan fingerprint density at radius 3 is 2.67 bits per heavy atom. The van der Waals surface area contributed by atoms with Crippen LogP contribution in [0.5, 0.6) is 0 Å². The fourth-order valence-corrected chi connectivity index (χ4v) is 2.96. The number of rotatable bonds is 3. The maximum atomic E-state index is 11.4. The van der Waals surface area contributed by atoms with E-state index >= 15 is 0 Å². The van der Waals surface area contributed by atoms with Gasteiger partial charge in [-0.15, -0.1) is 0 Å². The van der Waals surface area contributed by atoms with E-state index in [2.05, 4.69) is 10.2 Å². The summed E-state index contributed by atoms with van der Waals surface area (Å²) in [5, 5.41) is 12.9. The van der Waals surface area contributed by atoms with Gasteiger partial charge in [0.15, 0.2) is 0 Å². The van der Waals surface area contributed by atoms with Gasteiger partial charge in [0.05, 0.1) is 18.8 Å². The van der Waals surface area contributed by atoms with Crippen molar-refractivity contribution < 1.29 is 19.4 Å². The van der Waals surface area contributed by atoms with Crippen LogP contribution in [0.15, 0.2) is 0 Å². The Morgan fingerprint density at radius 2 is 2.00 bits per heavy atom. The van der Waals surface area contributed by atoms with Gasteiger partial charge >= 0.3 is 0 Å². The standard InChI is InChI=1S/C14H25N3O4/c1-10(18)15-12-9-21-13(14(12)20)8-16-4-3-5-17(7-6-16)11(2)19/h12-14,20H,3-9H2,1-2H3,(H,15,18). The van der Waals surface area contributed by atoms with Crippen LogP contribution in [0.3, 0.4) is 0 Å². The van der Waals surface area contributed by atoms with E-state index < -0.39 is 6.10 Å². The number of carbonyl (C=O) groups excluding carboxylic acids is 2. The zero-order chi connectivity index (χ0) is 15.4. The lowest BCUT2D eigenvalue weighted by Crippen LogP contribution is -2.46. The summed E-state index contributed by atoms with van der Waals surface area (Å²) in [5.41, 5.74) is 0. The number of amides is 2. The van der Waals surface area contributed by atoms with Crippen LogP contribution in [0.25, 0.3) is 0 Å². The molecule has 2 heterocycles. The lowest BCUT2D eigenvalue weighted by Gasteiger charge is -2.26. The smallest absolute Gasteiger partial charge is 0.219 e. The quantitative estimate of drug-likeness (QED) is 0.684. The van der Waals surface area contributed by atoms with Crippen molar-refractivity contribution in [2.24, 2.45) is 0 Å². The molecular formula is C14H25N3O4. The fourth-order valence-electron chi connectivity index (χ4n) is 2.96. The number of aliphatic hydroxyl groups is 1. The van der Waals surface area contributed by atoms with Gasteiger partial charge in [-0.2, -0.15) is 0 Å². The summed E-state index contributed by atoms with van der Waals surface area (Å²) in [6.45, 7) is 7.18. The number of nitrogens with zero attached hydrogens (tertiary/aromatic N) is 2. The molecule has 2 aliphatic rings. The Morgan fingerprint density at radius 1 is 1.24 bits per heavy atom. The van der Waals surface area contributed by atoms with Crippen LogP contribution >= 0.6 is 0 Å². The molecule has 0 radical (unpaired) electrons. The minimum atomic E-state index is -0.680. The average molecular weight is 299 g/mol. The number of hydrogen-bond donors (Lipinski definition) is 2. The molecule has 2 fully saturated rings. The van der Waals surface area contributed by atoms with Gasteiger partial charge in [-0.25, -0.2) is 0 Å². The van der Waals surface area contributed by atoms with E-state index in [4.69, 9.17) is 4.74 Å². The second kappa shape index (κ2) is 7.20. The zero-order valence-electron chi connectivity index (χ0n) is 12.7. The van der Waals surface area contributed by atoms with Crippen molar-refractivity contribution in [3.63, 3.8) is 0 Å². The monoisotopic (exact) mass is 299 g/mol. The van der Waals surface area contributed by atoms with E-state index in [-0.39, 0.29) is 24.0 Å². The lowest BCUT2D eigenvalue weighted by atomic mass is 10.1. The Balaban J connectivity index is 1.82. The van der Waals surface area contributed by atoms with Gasteiger partial charge < -0.3 is 20.1 Å². The van der Waals surface area contributed by atoms with Crippen LogP contribution < -0.4 is 5.32 Å². The first-order valence-corrected chi connectivity index (χ1v) is 7.52. The maximum absolute atomic E-state index is 11.4. The Hall–Kier alpha value is -1.18. The molecule has 21 heavy (non-hydrogen) atoms. The van der Waals surface area contributed by atoms with E-state index in [0.717, 1.165) is 26.1 Å². The molecule has 0 aromatic rings. The van der Waals surface area contributed by atoms with Gasteiger partial charge in [-0.1, -0.05) is 0 Å². The summed E-state index contributed by atoms with van der Waals surface area (Å²) < 4.78 is 5.61. The predicted octanol–water partition coefficient (Wildman–Crippen LogP) is -1.19. The molecule has 0 aromatic heterocycles. The highest BCUT2D eigenvalue weighted by Crippen LogP contribution is 2.16. The first-order valence-electron chi connectivity index (χ1n) is 7.52. The molecule has 0 bridgehead atoms. The van der Waals surface area contributed by atoms with Crippen molar-refractivity contribution in [1.82, 2.24) is 15.1 Å². The summed E-state index contributed by atoms with van der Waals surface area (Å²) in [4.78, 5) is 26.5. The van der Waals surface area contributed by atoms with Gasteiger partial charge in [0.25, 0.3) is 0 Å². The van der Waals surface area contributed by atoms with E-state index in [1.807, 2.05) is 4.90 Å². The Kier molecular flexibility index (Phi) is 5.55. The molecule has 2 amide bonds. The lowest BCUT2D eigenvalue weighted by molar-refractivity contribution is -0.128. The third kappa shape index (κ3) is 4.39. The minimum Gasteiger partial charge on any atom is -0.388 e. The number of ether oxygens (including phenoxy) is 1. The van der Waals surface area contributed by atoms with Gasteiger partial charge in [0.2, 0.25) is 11.8 Å². The van der Waals surface area contributed by atoms with E-state index in [1.165, 1.54) is 6.92 Å². The number of carbonyl (C=O) groups is 2. The summed E-state index contributed by atoms with van der Waals surface area (Å²) in [6, 6.07) is -0.326. The molecule has 0 spiro atoms. The van der Waals surface area contributed by atoms with Crippen molar-refractivity contribution in [1.29, 1.82) is 0 Å². The number of nitrogens with one attached hydrogen (secondary N) is 1. The minimum absolute atomic E-state index is 0.111. The van der Waals surface area contributed by atoms with Crippen LogP contribution in [0.1, 0.15) is 20.3 Å². The third-order valence-corrected chi connectivity index (χ3v) is 4.14. The van der Waals surface area contributed by atoms with Crippen LogP contribution in [-0.4, -0.2) is 84.3 Å². The van der Waals surface area contributed by atoms with Crippen LogP contribution in [0, 0.1) is 0 Å². The van der Waals surface area contributed by atoms with Crippen molar-refractivity contribution >= 4 is 11.8 Å². The van der Waals surface area contributed by atoms with Gasteiger partial charge in [0, 0.05) is 40.0 Å². The van der Waals surface area contributed by atoms with Crippen LogP contribution in [0.2, 0.25) is 0 Å². The van der Waals surface area contributed by atoms with E-state index in [1.54, 1.807) is 6.92 Å². The molecule has 0 aromatic carbocycles. The SMILES string of the molecule is CC(=O)NC1COC(CN2CCCN(C(C)=O)CC2)C1O. The fraction of sp³-hybridized carbons (Fsp3) is 0.857. The van der Waals surface area contributed by atoms with Gasteiger partial charge in [-0.05, 0) is 13.0 Å². The van der Waals surface area contributed by atoms with Gasteiger partial charge in [0.1, 0.15) is 6.10 Å². The predicted molar refractivity (Wildman–Crippen MR) is 76.7 cm³/mol. The Labute approximate surface area is 125 Å². The number of aliphatic hydroxyl groups excluding tert-OH is 1. The molecule has 0 saturated carbocycles. The highest BCUT2D eigenvalue weighted by molar-refractivity contribution is 5.73. The van der Waals surface area contributed by atoms with Crippen molar-refractivity contribution in [3.8, 4) is 0 Å². The zero-order valence-corrected chi connectivity index (χ0v) is 12.7. The summed E-state index contributed by atoms with van der Waals surface area (Å²) >= 11 is 0. The van der Waals surface area contributed by atoms with E-state index in [9.17, 15) is 14.7 Å². The summed E-state index contributed by atoms with van der Waals surface area (Å²) in [7, 11) is 0. The molecule has 2 rings (SSSR count). The van der Waals surface area contributed by atoms with E-state index in [0.29, 0.717) is 19.7 Å². The second-order valence-corrected chi connectivity index (χ2v) is 5.83. The molecule has 3 atom stereocenters. The molecule has 120 valence electrons. The Bertz CT molecular complexity index is 390. The highest BCUT2D eigenvalue weighted by atomic mass is 16.5. The molecular weight excluding hydrogens is 274 g/mol. The van der Waals surface area contributed by atoms with Crippen LogP contribution in [0.4, 0.5) is 0 Å². The second-order valence-electron chi connectivity index (χ2n) is 5.83. The molecule has 2 saturated heterocycles. The van der Waals surface area contributed by atoms with Crippen molar-refractivity contribution in [2.75, 3.05) is 39.3 Å². The average Bonchev–Trinajstić information content (AvgIpc) is 2.65. The molecule has 2 aliphatic heterocycles. The number of hydrogen-bond acceptors (Lipinski definition) is 5. The topological polar surface area (TPSA) is 82.1 Å². The normalized spacial score (nSPS) is 31.0. The first-order chi connectivity index (χ1) is 9.97. The van der Waals surface area contributed by atoms with Crippen LogP contribution in [-0.2, 0) is 14.3 Å². The largest absolute Gasteiger partial charge is 0.388 e. The van der Waals surface area contributed by atoms with Crippen molar-refractivity contribution in [3.05, 3.63) is 0 Å². The van der Waals surface area contributed by atoms with Crippen molar-refractivity contribution in [2.45, 2.75) is 38.5 Å². The highest BCUT2D eigenvalue weighted by Gasteiger charge is 2.37. The third-order valence-electron chi connectivity index (χ3n) is 4.14. The molecule has 7 nitrogen and oxygen atoms in total. The maximum Gasteiger partial charge on any atom is 0.219 e. The molecule has 7 heteroatoms.